The minimum Gasteiger partial charge on any atom is -0.354 e. The number of nitrogens with zero attached hydrogens (tertiary/aromatic N) is 1. The summed E-state index contributed by atoms with van der Waals surface area (Å²) in [7, 11) is -1.39. The Morgan fingerprint density at radius 3 is 2.33 bits per heavy atom. The van der Waals surface area contributed by atoms with Crippen molar-refractivity contribution in [2.45, 2.75) is 57.0 Å². The van der Waals surface area contributed by atoms with Gasteiger partial charge in [-0.2, -0.15) is 0 Å². The third kappa shape index (κ3) is 8.86. The van der Waals surface area contributed by atoms with E-state index in [1.54, 1.807) is 19.2 Å². The Balaban J connectivity index is 0.00000529. The fourth-order valence-electron chi connectivity index (χ4n) is 2.24. The second kappa shape index (κ2) is 11.7. The Labute approximate surface area is 163 Å². The maximum absolute atomic E-state index is 11.4. The lowest BCUT2D eigenvalue weighted by Gasteiger charge is -2.18. The molecule has 1 unspecified atom stereocenters. The molecule has 0 amide bonds. The molecule has 5 nitrogen and oxygen atoms in total. The Morgan fingerprint density at radius 2 is 1.83 bits per heavy atom. The molecule has 0 fully saturated rings. The first kappa shape index (κ1) is 23.2. The molecule has 138 valence electrons. The van der Waals surface area contributed by atoms with Crippen molar-refractivity contribution in [3.63, 3.8) is 0 Å². The van der Waals surface area contributed by atoms with Crippen molar-refractivity contribution in [1.82, 2.24) is 10.6 Å². The average Bonchev–Trinajstić information content (AvgIpc) is 2.51. The summed E-state index contributed by atoms with van der Waals surface area (Å²) >= 11 is 0. The van der Waals surface area contributed by atoms with Crippen LogP contribution in [0.4, 0.5) is 0 Å². The molecule has 0 aliphatic heterocycles. The molecule has 1 atom stereocenters. The maximum Gasteiger partial charge on any atom is 0.191 e. The van der Waals surface area contributed by atoms with Gasteiger partial charge in [-0.1, -0.05) is 38.3 Å². The van der Waals surface area contributed by atoms with Crippen molar-refractivity contribution < 1.29 is 8.42 Å². The molecule has 0 aromatic heterocycles. The standard InChI is InChI=1S/C17H29N3O2S.HI/c1-5-6-7-8-14(2)20-17(18-3)19-13-15-9-11-16(12-10-15)23(4,21)22;/h9-12,14H,5-8,13H2,1-4H3,(H2,18,19,20);1H. The predicted octanol–water partition coefficient (Wildman–Crippen LogP) is 3.34. The van der Waals surface area contributed by atoms with Crippen molar-refractivity contribution in [1.29, 1.82) is 0 Å². The maximum atomic E-state index is 11.4. The molecule has 0 aliphatic rings. The predicted molar refractivity (Wildman–Crippen MR) is 112 cm³/mol. The van der Waals surface area contributed by atoms with E-state index in [1.807, 2.05) is 12.1 Å². The van der Waals surface area contributed by atoms with Gasteiger partial charge in [-0.3, -0.25) is 4.99 Å². The number of hydrogen-bond donors (Lipinski definition) is 2. The average molecular weight is 467 g/mol. The first-order chi connectivity index (χ1) is 10.9. The molecule has 7 heteroatoms. The zero-order chi connectivity index (χ0) is 17.3. The highest BCUT2D eigenvalue weighted by atomic mass is 127. The summed E-state index contributed by atoms with van der Waals surface area (Å²) in [5.41, 5.74) is 1.01. The number of benzene rings is 1. The van der Waals surface area contributed by atoms with Crippen LogP contribution in [0.25, 0.3) is 0 Å². The summed E-state index contributed by atoms with van der Waals surface area (Å²) < 4.78 is 22.9. The van der Waals surface area contributed by atoms with E-state index in [1.165, 1.54) is 25.5 Å². The van der Waals surface area contributed by atoms with E-state index in [4.69, 9.17) is 0 Å². The van der Waals surface area contributed by atoms with Gasteiger partial charge in [0.15, 0.2) is 15.8 Å². The highest BCUT2D eigenvalue weighted by Crippen LogP contribution is 2.10. The van der Waals surface area contributed by atoms with Crippen LogP contribution in [-0.4, -0.2) is 33.7 Å². The summed E-state index contributed by atoms with van der Waals surface area (Å²) in [5, 5.41) is 6.63. The van der Waals surface area contributed by atoms with Crippen LogP contribution in [0.2, 0.25) is 0 Å². The van der Waals surface area contributed by atoms with Gasteiger partial charge in [0.2, 0.25) is 0 Å². The lowest BCUT2D eigenvalue weighted by molar-refractivity contribution is 0.546. The highest BCUT2D eigenvalue weighted by molar-refractivity contribution is 14.0. The van der Waals surface area contributed by atoms with Gasteiger partial charge in [0, 0.05) is 25.9 Å². The number of unbranched alkanes of at least 4 members (excludes halogenated alkanes) is 2. The Morgan fingerprint density at radius 1 is 1.21 bits per heavy atom. The second-order valence-electron chi connectivity index (χ2n) is 5.88. The van der Waals surface area contributed by atoms with Crippen molar-refractivity contribution in [3.8, 4) is 0 Å². The molecule has 1 aromatic carbocycles. The Bertz CT molecular complexity index is 601. The molecule has 1 aromatic rings. The van der Waals surface area contributed by atoms with Gasteiger partial charge in [0.1, 0.15) is 0 Å². The number of nitrogens with one attached hydrogen (secondary N) is 2. The van der Waals surface area contributed by atoms with Crippen molar-refractivity contribution >= 4 is 39.8 Å². The second-order valence-corrected chi connectivity index (χ2v) is 7.90. The topological polar surface area (TPSA) is 70.6 Å². The first-order valence-corrected chi connectivity index (χ1v) is 10.0. The lowest BCUT2D eigenvalue weighted by atomic mass is 10.1. The molecule has 0 spiro atoms. The van der Waals surface area contributed by atoms with Crippen LogP contribution < -0.4 is 10.6 Å². The van der Waals surface area contributed by atoms with E-state index >= 15 is 0 Å². The monoisotopic (exact) mass is 467 g/mol. The van der Waals surface area contributed by atoms with Crippen LogP contribution in [0.5, 0.6) is 0 Å². The van der Waals surface area contributed by atoms with Crippen LogP contribution >= 0.6 is 24.0 Å². The van der Waals surface area contributed by atoms with Gasteiger partial charge in [-0.15, -0.1) is 24.0 Å². The van der Waals surface area contributed by atoms with Crippen molar-refractivity contribution in [2.24, 2.45) is 4.99 Å². The summed E-state index contributed by atoms with van der Waals surface area (Å²) in [6.45, 7) is 4.96. The summed E-state index contributed by atoms with van der Waals surface area (Å²) in [5.74, 6) is 0.765. The van der Waals surface area contributed by atoms with Gasteiger partial charge < -0.3 is 10.6 Å². The number of guanidine groups is 1. The molecule has 0 saturated carbocycles. The van der Waals surface area contributed by atoms with Crippen LogP contribution in [0.3, 0.4) is 0 Å². The van der Waals surface area contributed by atoms with Crippen LogP contribution in [0, 0.1) is 0 Å². The van der Waals surface area contributed by atoms with Gasteiger partial charge in [-0.25, -0.2) is 8.42 Å². The van der Waals surface area contributed by atoms with Gasteiger partial charge >= 0.3 is 0 Å². The third-order valence-electron chi connectivity index (χ3n) is 3.66. The van der Waals surface area contributed by atoms with Crippen LogP contribution in [0.1, 0.15) is 45.1 Å². The SMILES string of the molecule is CCCCCC(C)NC(=NC)NCc1ccc(S(C)(=O)=O)cc1.I. The molecule has 0 heterocycles. The smallest absolute Gasteiger partial charge is 0.191 e. The number of rotatable bonds is 8. The quantitative estimate of drug-likeness (QED) is 0.266. The minimum atomic E-state index is -3.14. The molecular formula is C17H30IN3O2S. The molecule has 1 rings (SSSR count). The van der Waals surface area contributed by atoms with E-state index in [0.29, 0.717) is 17.5 Å². The van der Waals surface area contributed by atoms with Crippen molar-refractivity contribution in [3.05, 3.63) is 29.8 Å². The zero-order valence-electron chi connectivity index (χ0n) is 15.0. The number of hydrogen-bond acceptors (Lipinski definition) is 3. The van der Waals surface area contributed by atoms with Gasteiger partial charge in [0.25, 0.3) is 0 Å². The van der Waals surface area contributed by atoms with E-state index in [0.717, 1.165) is 17.9 Å². The molecular weight excluding hydrogens is 437 g/mol. The third-order valence-corrected chi connectivity index (χ3v) is 4.79. The Hall–Kier alpha value is -0.830. The molecule has 2 N–H and O–H groups in total. The number of sulfone groups is 1. The van der Waals surface area contributed by atoms with Crippen LogP contribution in [-0.2, 0) is 16.4 Å². The fraction of sp³-hybridized carbons (Fsp3) is 0.588. The highest BCUT2D eigenvalue weighted by Gasteiger charge is 2.07. The number of halogens is 1. The van der Waals surface area contributed by atoms with Gasteiger partial charge in [-0.05, 0) is 31.0 Å². The van der Waals surface area contributed by atoms with Crippen molar-refractivity contribution in [2.75, 3.05) is 13.3 Å². The number of aliphatic imine (C=N–C) groups is 1. The van der Waals surface area contributed by atoms with E-state index in [2.05, 4.69) is 29.5 Å². The molecule has 0 bridgehead atoms. The summed E-state index contributed by atoms with van der Waals surface area (Å²) in [6, 6.07) is 7.29. The first-order valence-electron chi connectivity index (χ1n) is 8.13. The summed E-state index contributed by atoms with van der Waals surface area (Å²) in [6.07, 6.45) is 6.03. The molecule has 0 aliphatic carbocycles. The molecule has 24 heavy (non-hydrogen) atoms. The van der Waals surface area contributed by atoms with Crippen LogP contribution in [0.15, 0.2) is 34.2 Å². The fourth-order valence-corrected chi connectivity index (χ4v) is 2.87. The molecule has 0 saturated heterocycles. The lowest BCUT2D eigenvalue weighted by Crippen LogP contribution is -2.41. The van der Waals surface area contributed by atoms with Gasteiger partial charge in [0.05, 0.1) is 4.90 Å². The minimum absolute atomic E-state index is 0. The largest absolute Gasteiger partial charge is 0.354 e. The molecule has 0 radical (unpaired) electrons. The summed E-state index contributed by atoms with van der Waals surface area (Å²) in [4.78, 5) is 4.57. The zero-order valence-corrected chi connectivity index (χ0v) is 18.1. The van der Waals surface area contributed by atoms with E-state index in [-0.39, 0.29) is 24.0 Å². The normalized spacial score (nSPS) is 13.1. The van der Waals surface area contributed by atoms with E-state index in [9.17, 15) is 8.42 Å². The Kier molecular flexibility index (Phi) is 11.3. The van der Waals surface area contributed by atoms with E-state index < -0.39 is 9.84 Å².